The predicted molar refractivity (Wildman–Crippen MR) is 57.4 cm³/mol. The minimum Gasteiger partial charge on any atom is -0.392 e. The number of amides is 1. The van der Waals surface area contributed by atoms with Crippen LogP contribution in [0.1, 0.15) is 19.9 Å². The molecule has 0 spiro atoms. The Kier molecular flexibility index (Phi) is 4.39. The normalized spacial score (nSPS) is 16.5. The number of nitrogens with one attached hydrogen (secondary N) is 1. The first-order chi connectivity index (χ1) is 7.52. The molecule has 1 amide bonds. The van der Waals surface area contributed by atoms with E-state index in [-0.39, 0.29) is 12.5 Å². The smallest absolute Gasteiger partial charge is 0.244 e. The lowest BCUT2D eigenvalue weighted by Crippen LogP contribution is -2.45. The second-order valence-corrected chi connectivity index (χ2v) is 3.70. The van der Waals surface area contributed by atoms with Gasteiger partial charge in [0.05, 0.1) is 6.10 Å². The summed E-state index contributed by atoms with van der Waals surface area (Å²) in [7, 11) is 0. The molecule has 7 nitrogen and oxygen atoms in total. The van der Waals surface area contributed by atoms with Crippen LogP contribution >= 0.6 is 0 Å². The summed E-state index contributed by atoms with van der Waals surface area (Å²) in [5.74, 6) is -0.207. The molecule has 0 saturated carbocycles. The SMILES string of the molecule is CC(O)C(N)CNC(=O)C(C)n1cncn1. The van der Waals surface area contributed by atoms with Crippen molar-refractivity contribution in [1.29, 1.82) is 0 Å². The zero-order valence-electron chi connectivity index (χ0n) is 9.37. The molecule has 3 unspecified atom stereocenters. The molecule has 3 atom stereocenters. The van der Waals surface area contributed by atoms with E-state index >= 15 is 0 Å². The third kappa shape index (κ3) is 3.28. The number of aliphatic hydroxyl groups is 1. The molecule has 4 N–H and O–H groups in total. The lowest BCUT2D eigenvalue weighted by Gasteiger charge is -2.17. The molecule has 90 valence electrons. The first-order valence-electron chi connectivity index (χ1n) is 5.08. The first kappa shape index (κ1) is 12.6. The summed E-state index contributed by atoms with van der Waals surface area (Å²) in [6.45, 7) is 3.52. The molecule has 16 heavy (non-hydrogen) atoms. The van der Waals surface area contributed by atoms with Gasteiger partial charge in [0, 0.05) is 12.6 Å². The minimum atomic E-state index is -0.651. The Morgan fingerprint density at radius 3 is 2.81 bits per heavy atom. The van der Waals surface area contributed by atoms with Crippen molar-refractivity contribution in [2.24, 2.45) is 5.73 Å². The highest BCUT2D eigenvalue weighted by Crippen LogP contribution is 2.01. The van der Waals surface area contributed by atoms with Gasteiger partial charge >= 0.3 is 0 Å². The topological polar surface area (TPSA) is 106 Å². The average Bonchev–Trinajstić information content (AvgIpc) is 2.77. The lowest BCUT2D eigenvalue weighted by atomic mass is 10.2. The number of carbonyl (C=O) groups excluding carboxylic acids is 1. The monoisotopic (exact) mass is 227 g/mol. The van der Waals surface area contributed by atoms with Gasteiger partial charge in [0.15, 0.2) is 0 Å². The second kappa shape index (κ2) is 5.57. The van der Waals surface area contributed by atoms with Crippen LogP contribution in [0.25, 0.3) is 0 Å². The average molecular weight is 227 g/mol. The molecule has 0 aromatic carbocycles. The van der Waals surface area contributed by atoms with Crippen molar-refractivity contribution in [2.75, 3.05) is 6.54 Å². The van der Waals surface area contributed by atoms with E-state index in [4.69, 9.17) is 10.8 Å². The number of nitrogens with zero attached hydrogens (tertiary/aromatic N) is 3. The van der Waals surface area contributed by atoms with Crippen molar-refractivity contribution in [3.63, 3.8) is 0 Å². The summed E-state index contributed by atoms with van der Waals surface area (Å²) in [5.41, 5.74) is 5.58. The van der Waals surface area contributed by atoms with E-state index in [0.717, 1.165) is 0 Å². The quantitative estimate of drug-likeness (QED) is 0.577. The van der Waals surface area contributed by atoms with Gasteiger partial charge in [-0.05, 0) is 13.8 Å². The maximum absolute atomic E-state index is 11.6. The van der Waals surface area contributed by atoms with Gasteiger partial charge in [0.2, 0.25) is 5.91 Å². The molecule has 7 heteroatoms. The van der Waals surface area contributed by atoms with Gasteiger partial charge in [-0.3, -0.25) is 4.79 Å². The van der Waals surface area contributed by atoms with Crippen LogP contribution in [0.2, 0.25) is 0 Å². The summed E-state index contributed by atoms with van der Waals surface area (Å²) in [5, 5.41) is 15.7. The van der Waals surface area contributed by atoms with Gasteiger partial charge < -0.3 is 16.2 Å². The molecular weight excluding hydrogens is 210 g/mol. The van der Waals surface area contributed by atoms with Crippen molar-refractivity contribution < 1.29 is 9.90 Å². The van der Waals surface area contributed by atoms with Crippen LogP contribution in [0.3, 0.4) is 0 Å². The Morgan fingerprint density at radius 1 is 1.62 bits per heavy atom. The molecule has 0 aliphatic heterocycles. The third-order valence-corrected chi connectivity index (χ3v) is 2.34. The van der Waals surface area contributed by atoms with Gasteiger partial charge in [-0.1, -0.05) is 0 Å². The zero-order valence-corrected chi connectivity index (χ0v) is 9.37. The van der Waals surface area contributed by atoms with Gasteiger partial charge in [-0.25, -0.2) is 9.67 Å². The first-order valence-corrected chi connectivity index (χ1v) is 5.08. The van der Waals surface area contributed by atoms with Gasteiger partial charge in [0.25, 0.3) is 0 Å². The Labute approximate surface area is 93.7 Å². The maximum Gasteiger partial charge on any atom is 0.244 e. The summed E-state index contributed by atoms with van der Waals surface area (Å²) in [4.78, 5) is 15.4. The fourth-order valence-electron chi connectivity index (χ4n) is 1.07. The lowest BCUT2D eigenvalue weighted by molar-refractivity contribution is -0.124. The van der Waals surface area contributed by atoms with Crippen molar-refractivity contribution in [3.05, 3.63) is 12.7 Å². The highest BCUT2D eigenvalue weighted by molar-refractivity contribution is 5.79. The van der Waals surface area contributed by atoms with E-state index < -0.39 is 18.2 Å². The molecule has 0 bridgehead atoms. The van der Waals surface area contributed by atoms with E-state index in [1.807, 2.05) is 0 Å². The highest BCUT2D eigenvalue weighted by atomic mass is 16.3. The molecule has 0 aliphatic rings. The maximum atomic E-state index is 11.6. The molecule has 0 aliphatic carbocycles. The van der Waals surface area contributed by atoms with Gasteiger partial charge in [0.1, 0.15) is 18.7 Å². The largest absolute Gasteiger partial charge is 0.392 e. The molecular formula is C9H17N5O2. The highest BCUT2D eigenvalue weighted by Gasteiger charge is 2.17. The van der Waals surface area contributed by atoms with Crippen LogP contribution in [0.5, 0.6) is 0 Å². The molecule has 0 radical (unpaired) electrons. The molecule has 1 rings (SSSR count). The van der Waals surface area contributed by atoms with Crippen LogP contribution in [-0.4, -0.2) is 44.5 Å². The van der Waals surface area contributed by atoms with E-state index in [1.165, 1.54) is 17.3 Å². The van der Waals surface area contributed by atoms with Crippen LogP contribution in [-0.2, 0) is 4.79 Å². The van der Waals surface area contributed by atoms with Crippen molar-refractivity contribution in [3.8, 4) is 0 Å². The Bertz CT molecular complexity index is 325. The predicted octanol–water partition coefficient (Wildman–Crippen LogP) is -1.34. The standard InChI is InChI=1S/C9H17N5O2/c1-6(14-5-11-4-13-14)9(16)12-3-8(10)7(2)15/h4-8,15H,3,10H2,1-2H3,(H,12,16). The number of rotatable bonds is 5. The van der Waals surface area contributed by atoms with Crippen molar-refractivity contribution in [1.82, 2.24) is 20.1 Å². The molecule has 1 aromatic rings. The van der Waals surface area contributed by atoms with E-state index in [1.54, 1.807) is 13.8 Å². The molecule has 0 fully saturated rings. The van der Waals surface area contributed by atoms with E-state index in [2.05, 4.69) is 15.4 Å². The van der Waals surface area contributed by atoms with Crippen molar-refractivity contribution in [2.45, 2.75) is 32.0 Å². The number of aromatic nitrogens is 3. The number of carbonyl (C=O) groups is 1. The van der Waals surface area contributed by atoms with Crippen LogP contribution < -0.4 is 11.1 Å². The molecule has 1 heterocycles. The number of hydrogen-bond acceptors (Lipinski definition) is 5. The van der Waals surface area contributed by atoms with Crippen LogP contribution in [0, 0.1) is 0 Å². The van der Waals surface area contributed by atoms with Crippen molar-refractivity contribution >= 4 is 5.91 Å². The van der Waals surface area contributed by atoms with Crippen LogP contribution in [0.4, 0.5) is 0 Å². The fraction of sp³-hybridized carbons (Fsp3) is 0.667. The Balaban J connectivity index is 2.41. The third-order valence-electron chi connectivity index (χ3n) is 2.34. The number of aliphatic hydroxyl groups excluding tert-OH is 1. The summed E-state index contributed by atoms with van der Waals surface area (Å²) in [6, 6.07) is -0.907. The van der Waals surface area contributed by atoms with Gasteiger partial charge in [-0.2, -0.15) is 5.10 Å². The Hall–Kier alpha value is -1.47. The minimum absolute atomic E-state index is 0.207. The fourth-order valence-corrected chi connectivity index (χ4v) is 1.07. The molecule has 1 aromatic heterocycles. The molecule has 0 saturated heterocycles. The van der Waals surface area contributed by atoms with Crippen LogP contribution in [0.15, 0.2) is 12.7 Å². The Morgan fingerprint density at radius 2 is 2.31 bits per heavy atom. The van der Waals surface area contributed by atoms with E-state index in [0.29, 0.717) is 0 Å². The van der Waals surface area contributed by atoms with E-state index in [9.17, 15) is 4.79 Å². The summed E-state index contributed by atoms with van der Waals surface area (Å²) in [6.07, 6.45) is 2.19. The summed E-state index contributed by atoms with van der Waals surface area (Å²) >= 11 is 0. The zero-order chi connectivity index (χ0) is 12.1. The number of hydrogen-bond donors (Lipinski definition) is 3. The van der Waals surface area contributed by atoms with Gasteiger partial charge in [-0.15, -0.1) is 0 Å². The summed E-state index contributed by atoms with van der Waals surface area (Å²) < 4.78 is 1.45. The second-order valence-electron chi connectivity index (χ2n) is 3.70. The number of nitrogens with two attached hydrogens (primary N) is 1.